The first kappa shape index (κ1) is 18.9. The predicted octanol–water partition coefficient (Wildman–Crippen LogP) is 6.18. The van der Waals surface area contributed by atoms with Crippen LogP contribution in [-0.4, -0.2) is 11.9 Å². The van der Waals surface area contributed by atoms with Crippen molar-refractivity contribution in [3.63, 3.8) is 0 Å². The van der Waals surface area contributed by atoms with Gasteiger partial charge in [-0.3, -0.25) is 4.79 Å². The van der Waals surface area contributed by atoms with Gasteiger partial charge in [0, 0.05) is 12.8 Å². The standard InChI is InChI=1S/C26H36O2/c1-25-14-12-20(27)16-19(25)8-9-21-22-10-11-24(26(22,2)15-13-23(21)25)28-17-18-6-4-3-5-7-18/h3-7,19,21-24H,8-17H2,1-2H3/t19-,21-,22-,23-,24-,25-,26-/m0/s1. The molecule has 0 radical (unpaired) electrons. The summed E-state index contributed by atoms with van der Waals surface area (Å²) in [5.74, 6) is 3.70. The zero-order valence-electron chi connectivity index (χ0n) is 17.7. The molecule has 1 aromatic rings. The molecule has 4 aliphatic rings. The number of carbonyl (C=O) groups is 1. The Hall–Kier alpha value is -1.15. The SMILES string of the molecule is C[C@]12CCC(=O)C[C@@H]1CC[C@@H]1[C@@H]2CC[C@]2(C)[C@@H](OCc3ccccc3)CC[C@@H]12. The minimum atomic E-state index is 0.351. The monoisotopic (exact) mass is 380 g/mol. The van der Waals surface area contributed by atoms with E-state index in [1.807, 2.05) is 0 Å². The van der Waals surface area contributed by atoms with Crippen molar-refractivity contribution < 1.29 is 9.53 Å². The van der Waals surface area contributed by atoms with Gasteiger partial charge in [-0.15, -0.1) is 0 Å². The van der Waals surface area contributed by atoms with Crippen molar-refractivity contribution in [2.45, 2.75) is 84.3 Å². The van der Waals surface area contributed by atoms with Crippen LogP contribution in [0.5, 0.6) is 0 Å². The molecule has 0 saturated heterocycles. The largest absolute Gasteiger partial charge is 0.373 e. The van der Waals surface area contributed by atoms with Crippen molar-refractivity contribution >= 4 is 5.78 Å². The van der Waals surface area contributed by atoms with Crippen molar-refractivity contribution in [1.29, 1.82) is 0 Å². The Labute approximate surface area is 170 Å². The molecular weight excluding hydrogens is 344 g/mol. The van der Waals surface area contributed by atoms with Crippen molar-refractivity contribution in [1.82, 2.24) is 0 Å². The number of hydrogen-bond acceptors (Lipinski definition) is 2. The fourth-order valence-electron chi connectivity index (χ4n) is 8.04. The highest BCUT2D eigenvalue weighted by atomic mass is 16.5. The zero-order chi connectivity index (χ0) is 19.4. The Morgan fingerprint density at radius 2 is 1.71 bits per heavy atom. The third-order valence-electron chi connectivity index (χ3n) is 9.69. The minimum Gasteiger partial charge on any atom is -0.373 e. The highest BCUT2D eigenvalue weighted by Crippen LogP contribution is 2.66. The zero-order valence-corrected chi connectivity index (χ0v) is 17.7. The van der Waals surface area contributed by atoms with Gasteiger partial charge in [-0.1, -0.05) is 44.2 Å². The molecule has 0 bridgehead atoms. The van der Waals surface area contributed by atoms with Crippen molar-refractivity contribution in [2.24, 2.45) is 34.5 Å². The van der Waals surface area contributed by atoms with Gasteiger partial charge < -0.3 is 4.74 Å². The first-order valence-electron chi connectivity index (χ1n) is 11.7. The number of ketones is 1. The molecule has 7 atom stereocenters. The van der Waals surface area contributed by atoms with Gasteiger partial charge in [0.05, 0.1) is 12.7 Å². The first-order chi connectivity index (χ1) is 13.5. The Morgan fingerprint density at radius 1 is 0.929 bits per heavy atom. The molecule has 2 nitrogen and oxygen atoms in total. The van der Waals surface area contributed by atoms with Gasteiger partial charge in [0.1, 0.15) is 5.78 Å². The van der Waals surface area contributed by atoms with Crippen LogP contribution in [0, 0.1) is 34.5 Å². The van der Waals surface area contributed by atoms with E-state index >= 15 is 0 Å². The van der Waals surface area contributed by atoms with Gasteiger partial charge in [0.2, 0.25) is 0 Å². The Bertz CT molecular complexity index is 727. The van der Waals surface area contributed by atoms with E-state index in [9.17, 15) is 4.79 Å². The number of benzene rings is 1. The molecule has 0 aliphatic heterocycles. The van der Waals surface area contributed by atoms with Gasteiger partial charge in [0.25, 0.3) is 0 Å². The molecule has 5 rings (SSSR count). The lowest BCUT2D eigenvalue weighted by Crippen LogP contribution is -2.54. The molecule has 0 aromatic heterocycles. The molecule has 4 saturated carbocycles. The van der Waals surface area contributed by atoms with E-state index in [1.165, 1.54) is 44.1 Å². The molecule has 0 N–H and O–H groups in total. The van der Waals surface area contributed by atoms with Crippen LogP contribution in [0.15, 0.2) is 30.3 Å². The highest BCUT2D eigenvalue weighted by molar-refractivity contribution is 5.79. The highest BCUT2D eigenvalue weighted by Gasteiger charge is 2.60. The third-order valence-corrected chi connectivity index (χ3v) is 9.69. The fraction of sp³-hybridized carbons (Fsp3) is 0.731. The molecular formula is C26H36O2. The summed E-state index contributed by atoms with van der Waals surface area (Å²) in [6.45, 7) is 5.83. The molecule has 0 amide bonds. The molecule has 0 unspecified atom stereocenters. The van der Waals surface area contributed by atoms with E-state index in [2.05, 4.69) is 44.2 Å². The average Bonchev–Trinajstić information content (AvgIpc) is 3.04. The van der Waals surface area contributed by atoms with Crippen LogP contribution < -0.4 is 0 Å². The lowest BCUT2D eigenvalue weighted by molar-refractivity contribution is -0.146. The maximum Gasteiger partial charge on any atom is 0.133 e. The molecule has 0 heterocycles. The third kappa shape index (κ3) is 2.90. The molecule has 1 aromatic carbocycles. The van der Waals surface area contributed by atoms with E-state index in [1.54, 1.807) is 0 Å². The number of fused-ring (bicyclic) bond motifs is 5. The summed E-state index contributed by atoms with van der Waals surface area (Å²) in [5, 5.41) is 0. The molecule has 4 fully saturated rings. The van der Waals surface area contributed by atoms with Crippen LogP contribution in [0.25, 0.3) is 0 Å². The number of Topliss-reactive ketones (excluding diaryl/α,β-unsaturated/α-hetero) is 1. The smallest absolute Gasteiger partial charge is 0.133 e. The summed E-state index contributed by atoms with van der Waals surface area (Å²) in [7, 11) is 0. The molecule has 4 aliphatic carbocycles. The van der Waals surface area contributed by atoms with Gasteiger partial charge >= 0.3 is 0 Å². The van der Waals surface area contributed by atoms with Crippen LogP contribution >= 0.6 is 0 Å². The maximum absolute atomic E-state index is 12.1. The van der Waals surface area contributed by atoms with Gasteiger partial charge in [-0.2, -0.15) is 0 Å². The van der Waals surface area contributed by atoms with Crippen molar-refractivity contribution in [3.05, 3.63) is 35.9 Å². The van der Waals surface area contributed by atoms with Gasteiger partial charge in [-0.05, 0) is 85.0 Å². The fourth-order valence-corrected chi connectivity index (χ4v) is 8.04. The first-order valence-corrected chi connectivity index (χ1v) is 11.7. The predicted molar refractivity (Wildman–Crippen MR) is 112 cm³/mol. The van der Waals surface area contributed by atoms with Crippen LogP contribution in [0.2, 0.25) is 0 Å². The summed E-state index contributed by atoms with van der Waals surface area (Å²) in [4.78, 5) is 12.1. The summed E-state index contributed by atoms with van der Waals surface area (Å²) in [6.07, 6.45) is 11.1. The molecule has 2 heteroatoms. The van der Waals surface area contributed by atoms with Crippen LogP contribution in [0.3, 0.4) is 0 Å². The Kier molecular flexibility index (Phi) is 4.69. The number of carbonyl (C=O) groups excluding carboxylic acids is 1. The van der Waals surface area contributed by atoms with E-state index in [0.29, 0.717) is 28.6 Å². The van der Waals surface area contributed by atoms with Crippen LogP contribution in [-0.2, 0) is 16.1 Å². The summed E-state index contributed by atoms with van der Waals surface area (Å²) >= 11 is 0. The maximum atomic E-state index is 12.1. The lowest BCUT2D eigenvalue weighted by atomic mass is 9.45. The van der Waals surface area contributed by atoms with Crippen molar-refractivity contribution in [3.8, 4) is 0 Å². The van der Waals surface area contributed by atoms with E-state index in [4.69, 9.17) is 4.74 Å². The quantitative estimate of drug-likeness (QED) is 0.625. The van der Waals surface area contributed by atoms with Crippen LogP contribution in [0.1, 0.15) is 77.2 Å². The second kappa shape index (κ2) is 6.97. The van der Waals surface area contributed by atoms with E-state index in [-0.39, 0.29) is 0 Å². The number of ether oxygens (including phenoxy) is 1. The number of hydrogen-bond donors (Lipinski definition) is 0. The summed E-state index contributed by atoms with van der Waals surface area (Å²) in [6, 6.07) is 10.7. The number of rotatable bonds is 3. The average molecular weight is 381 g/mol. The molecule has 28 heavy (non-hydrogen) atoms. The van der Waals surface area contributed by atoms with Gasteiger partial charge in [0.15, 0.2) is 0 Å². The summed E-state index contributed by atoms with van der Waals surface area (Å²) in [5.41, 5.74) is 2.06. The Morgan fingerprint density at radius 3 is 2.54 bits per heavy atom. The van der Waals surface area contributed by atoms with Crippen molar-refractivity contribution in [2.75, 3.05) is 0 Å². The summed E-state index contributed by atoms with van der Waals surface area (Å²) < 4.78 is 6.54. The van der Waals surface area contributed by atoms with E-state index < -0.39 is 0 Å². The minimum absolute atomic E-state index is 0.351. The normalized spacial score (nSPS) is 45.2. The molecule has 0 spiro atoms. The lowest BCUT2D eigenvalue weighted by Gasteiger charge is -2.60. The second-order valence-electron chi connectivity index (χ2n) is 10.8. The topological polar surface area (TPSA) is 26.3 Å². The van der Waals surface area contributed by atoms with Crippen LogP contribution in [0.4, 0.5) is 0 Å². The Balaban J connectivity index is 1.32. The van der Waals surface area contributed by atoms with E-state index in [0.717, 1.165) is 43.6 Å². The second-order valence-corrected chi connectivity index (χ2v) is 10.8. The van der Waals surface area contributed by atoms with Gasteiger partial charge in [-0.25, -0.2) is 0 Å². The molecule has 152 valence electrons.